The molecule has 9 heteroatoms. The molecule has 2 N–H and O–H groups in total. The van der Waals surface area contributed by atoms with Gasteiger partial charge in [0.2, 0.25) is 0 Å². The number of hydrazone groups is 1. The Kier molecular flexibility index (Phi) is 6.48. The van der Waals surface area contributed by atoms with Crippen molar-refractivity contribution in [1.29, 1.82) is 0 Å². The topological polar surface area (TPSA) is 137 Å². The lowest BCUT2D eigenvalue weighted by Gasteiger charge is -2.06. The third kappa shape index (κ3) is 5.19. The van der Waals surface area contributed by atoms with E-state index in [9.17, 15) is 24.8 Å². The zero-order valence-electron chi connectivity index (χ0n) is 11.9. The fraction of sp³-hybridized carbons (Fsp3) is 0.308. The third-order valence-corrected chi connectivity index (χ3v) is 2.58. The quantitative estimate of drug-likeness (QED) is 0.251. The number of nitrogens with one attached hydrogen (secondary N) is 2. The number of nitro benzene ring substituents is 1. The standard InChI is InChI=1S/C13H16N4O5/c1-2-3-6-14-12(19)13(20)16-15-8-9-4-5-11(18)10(7-9)17(21)22/h4-5,7-8,18H,2-3,6H2,1H3,(H,14,19)(H,16,20)/p-1/b15-8-. The second-order valence-corrected chi connectivity index (χ2v) is 4.29. The van der Waals surface area contributed by atoms with Crippen LogP contribution in [0.15, 0.2) is 23.3 Å². The number of carbonyl (C=O) groups is 2. The van der Waals surface area contributed by atoms with Crippen molar-refractivity contribution < 1.29 is 19.6 Å². The summed E-state index contributed by atoms with van der Waals surface area (Å²) < 4.78 is 0. The molecule has 2 amide bonds. The molecule has 0 bridgehead atoms. The second kappa shape index (κ2) is 8.35. The molecule has 22 heavy (non-hydrogen) atoms. The van der Waals surface area contributed by atoms with Crippen molar-refractivity contribution in [2.45, 2.75) is 19.8 Å². The number of carbonyl (C=O) groups excluding carboxylic acids is 2. The molecule has 0 saturated carbocycles. The Morgan fingerprint density at radius 2 is 2.09 bits per heavy atom. The van der Waals surface area contributed by atoms with Gasteiger partial charge in [-0.25, -0.2) is 5.43 Å². The van der Waals surface area contributed by atoms with E-state index in [0.29, 0.717) is 6.54 Å². The maximum absolute atomic E-state index is 11.4. The lowest BCUT2D eigenvalue weighted by molar-refractivity contribution is -0.398. The molecule has 118 valence electrons. The molecule has 1 rings (SSSR count). The van der Waals surface area contributed by atoms with E-state index in [0.717, 1.165) is 31.2 Å². The molecule has 0 atom stereocenters. The van der Waals surface area contributed by atoms with Gasteiger partial charge in [0.15, 0.2) is 0 Å². The first kappa shape index (κ1) is 17.1. The molecule has 0 fully saturated rings. The predicted molar refractivity (Wildman–Crippen MR) is 76.2 cm³/mol. The van der Waals surface area contributed by atoms with Crippen LogP contribution in [-0.2, 0) is 9.59 Å². The summed E-state index contributed by atoms with van der Waals surface area (Å²) in [4.78, 5) is 32.5. The average Bonchev–Trinajstić information content (AvgIpc) is 2.48. The first-order chi connectivity index (χ1) is 10.5. The van der Waals surface area contributed by atoms with E-state index in [2.05, 4.69) is 10.4 Å². The Balaban J connectivity index is 2.59. The molecule has 0 radical (unpaired) electrons. The van der Waals surface area contributed by atoms with E-state index < -0.39 is 28.2 Å². The molecule has 0 spiro atoms. The van der Waals surface area contributed by atoms with E-state index in [1.165, 1.54) is 6.07 Å². The van der Waals surface area contributed by atoms with E-state index >= 15 is 0 Å². The fourth-order valence-corrected chi connectivity index (χ4v) is 1.43. The van der Waals surface area contributed by atoms with Gasteiger partial charge < -0.3 is 10.4 Å². The summed E-state index contributed by atoms with van der Waals surface area (Å²) in [6.07, 6.45) is 2.74. The van der Waals surface area contributed by atoms with Crippen molar-refractivity contribution in [3.8, 4) is 5.75 Å². The molecular weight excluding hydrogens is 292 g/mol. The number of hydrogen-bond donors (Lipinski definition) is 2. The molecule has 0 aliphatic heterocycles. The molecule has 0 saturated heterocycles. The van der Waals surface area contributed by atoms with Gasteiger partial charge in [0.05, 0.1) is 11.1 Å². The smallest absolute Gasteiger partial charge is 0.329 e. The minimum atomic E-state index is -0.942. The largest absolute Gasteiger partial charge is 0.868 e. The first-order valence-corrected chi connectivity index (χ1v) is 6.52. The van der Waals surface area contributed by atoms with Gasteiger partial charge in [0.1, 0.15) is 0 Å². The normalized spacial score (nSPS) is 10.4. The lowest BCUT2D eigenvalue weighted by Crippen LogP contribution is -2.38. The molecule has 0 aliphatic carbocycles. The SMILES string of the molecule is CCCCNC(=O)C(=O)N/N=C\c1ccc([O-])c([N+](=O)[O-])c1. The zero-order chi connectivity index (χ0) is 16.5. The van der Waals surface area contributed by atoms with Crippen LogP contribution in [0.3, 0.4) is 0 Å². The number of rotatable bonds is 6. The summed E-state index contributed by atoms with van der Waals surface area (Å²) in [5.41, 5.74) is 1.65. The third-order valence-electron chi connectivity index (χ3n) is 2.58. The zero-order valence-corrected chi connectivity index (χ0v) is 11.9. The van der Waals surface area contributed by atoms with Gasteiger partial charge in [0.25, 0.3) is 5.69 Å². The Bertz CT molecular complexity index is 600. The fourth-order valence-electron chi connectivity index (χ4n) is 1.43. The Hall–Kier alpha value is -2.97. The predicted octanol–water partition coefficient (Wildman–Crippen LogP) is 0.0348. The highest BCUT2D eigenvalue weighted by atomic mass is 16.6. The van der Waals surface area contributed by atoms with Crippen LogP contribution >= 0.6 is 0 Å². The number of nitrogens with zero attached hydrogens (tertiary/aromatic N) is 2. The molecule has 0 aliphatic rings. The number of unbranched alkanes of at least 4 members (excludes halogenated alkanes) is 1. The van der Waals surface area contributed by atoms with Crippen molar-refractivity contribution in [1.82, 2.24) is 10.7 Å². The Morgan fingerprint density at radius 3 is 2.73 bits per heavy atom. The molecule has 9 nitrogen and oxygen atoms in total. The van der Waals surface area contributed by atoms with Crippen LogP contribution in [-0.4, -0.2) is 29.5 Å². The second-order valence-electron chi connectivity index (χ2n) is 4.29. The van der Waals surface area contributed by atoms with Crippen LogP contribution < -0.4 is 15.8 Å². The van der Waals surface area contributed by atoms with Crippen molar-refractivity contribution in [3.05, 3.63) is 33.9 Å². The van der Waals surface area contributed by atoms with Crippen molar-refractivity contribution in [2.75, 3.05) is 6.54 Å². The Labute approximate surface area is 126 Å². The maximum Gasteiger partial charge on any atom is 0.329 e. The molecule has 0 heterocycles. The van der Waals surface area contributed by atoms with E-state index in [4.69, 9.17) is 0 Å². The monoisotopic (exact) mass is 307 g/mol. The van der Waals surface area contributed by atoms with E-state index in [1.807, 2.05) is 12.3 Å². The first-order valence-electron chi connectivity index (χ1n) is 6.52. The maximum atomic E-state index is 11.4. The van der Waals surface area contributed by atoms with Crippen LogP contribution in [0.1, 0.15) is 25.3 Å². The summed E-state index contributed by atoms with van der Waals surface area (Å²) in [6.45, 7) is 2.34. The van der Waals surface area contributed by atoms with Gasteiger partial charge >= 0.3 is 11.8 Å². The summed E-state index contributed by atoms with van der Waals surface area (Å²) >= 11 is 0. The van der Waals surface area contributed by atoms with Crippen molar-refractivity contribution >= 4 is 23.7 Å². The van der Waals surface area contributed by atoms with Gasteiger partial charge in [0, 0.05) is 18.2 Å². The molecule has 0 aromatic heterocycles. The van der Waals surface area contributed by atoms with Gasteiger partial charge in [-0.15, -0.1) is 0 Å². The summed E-state index contributed by atoms with van der Waals surface area (Å²) in [6, 6.07) is 3.37. The highest BCUT2D eigenvalue weighted by Gasteiger charge is 2.11. The molecule has 1 aromatic carbocycles. The molecular formula is C13H15N4O5-. The average molecular weight is 307 g/mol. The van der Waals surface area contributed by atoms with Crippen molar-refractivity contribution in [3.63, 3.8) is 0 Å². The highest BCUT2D eigenvalue weighted by molar-refractivity contribution is 6.35. The number of hydrogen-bond acceptors (Lipinski definition) is 6. The van der Waals surface area contributed by atoms with Crippen LogP contribution in [0.25, 0.3) is 0 Å². The van der Waals surface area contributed by atoms with Gasteiger partial charge in [-0.3, -0.25) is 19.7 Å². The van der Waals surface area contributed by atoms with Gasteiger partial charge in [-0.1, -0.05) is 25.5 Å². The summed E-state index contributed by atoms with van der Waals surface area (Å²) in [7, 11) is 0. The Morgan fingerprint density at radius 1 is 1.36 bits per heavy atom. The van der Waals surface area contributed by atoms with Gasteiger partial charge in [-0.05, 0) is 12.2 Å². The van der Waals surface area contributed by atoms with Gasteiger partial charge in [-0.2, -0.15) is 5.10 Å². The number of benzene rings is 1. The highest BCUT2D eigenvalue weighted by Crippen LogP contribution is 2.22. The molecule has 1 aromatic rings. The number of amides is 2. The van der Waals surface area contributed by atoms with E-state index in [-0.39, 0.29) is 5.56 Å². The molecule has 0 unspecified atom stereocenters. The minimum Gasteiger partial charge on any atom is -0.868 e. The summed E-state index contributed by atoms with van der Waals surface area (Å²) in [5.74, 6) is -2.48. The lowest BCUT2D eigenvalue weighted by atomic mass is 10.2. The van der Waals surface area contributed by atoms with Crippen LogP contribution in [0.2, 0.25) is 0 Å². The van der Waals surface area contributed by atoms with Crippen LogP contribution in [0.4, 0.5) is 5.69 Å². The number of nitro groups is 1. The van der Waals surface area contributed by atoms with Crippen LogP contribution in [0, 0.1) is 10.1 Å². The van der Waals surface area contributed by atoms with Crippen molar-refractivity contribution in [2.24, 2.45) is 5.10 Å². The van der Waals surface area contributed by atoms with Crippen LogP contribution in [0.5, 0.6) is 5.75 Å². The summed E-state index contributed by atoms with van der Waals surface area (Å²) in [5, 5.41) is 27.7. The van der Waals surface area contributed by atoms with E-state index in [1.54, 1.807) is 0 Å². The minimum absolute atomic E-state index is 0.248.